The lowest BCUT2D eigenvalue weighted by atomic mass is 10.2. The van der Waals surface area contributed by atoms with Crippen LogP contribution in [0.5, 0.6) is 5.75 Å². The van der Waals surface area contributed by atoms with E-state index in [4.69, 9.17) is 0 Å². The molecule has 7 heteroatoms. The second-order valence-corrected chi connectivity index (χ2v) is 4.28. The molecule has 0 atom stereocenters. The number of amides is 2. The van der Waals surface area contributed by atoms with E-state index in [1.807, 2.05) is 0 Å². The zero-order valence-electron chi connectivity index (χ0n) is 8.85. The van der Waals surface area contributed by atoms with Gasteiger partial charge in [0.15, 0.2) is 0 Å². The lowest BCUT2D eigenvalue weighted by Gasteiger charge is -2.07. The van der Waals surface area contributed by atoms with Gasteiger partial charge >= 0.3 is 6.61 Å². The third kappa shape index (κ3) is 2.86. The number of nitrogens with one attached hydrogen (secondary N) is 1. The lowest BCUT2D eigenvalue weighted by molar-refractivity contribution is -0.115. The number of ether oxygens (including phenoxy) is 1. The number of thioether (sulfide) groups is 1. The van der Waals surface area contributed by atoms with Crippen LogP contribution in [0.15, 0.2) is 29.2 Å². The highest BCUT2D eigenvalue weighted by Gasteiger charge is 2.25. The smallest absolute Gasteiger partial charge is 0.387 e. The van der Waals surface area contributed by atoms with Crippen molar-refractivity contribution in [2.45, 2.75) is 6.61 Å². The van der Waals surface area contributed by atoms with Gasteiger partial charge in [-0.3, -0.25) is 14.9 Å². The number of hydrogen-bond donors (Lipinski definition) is 1. The van der Waals surface area contributed by atoms with Crippen LogP contribution in [0.3, 0.4) is 0 Å². The van der Waals surface area contributed by atoms with Gasteiger partial charge in [-0.15, -0.1) is 0 Å². The van der Waals surface area contributed by atoms with Crippen LogP contribution in [0.1, 0.15) is 5.56 Å². The van der Waals surface area contributed by atoms with E-state index >= 15 is 0 Å². The minimum absolute atomic E-state index is 0.0484. The quantitative estimate of drug-likeness (QED) is 0.858. The minimum Gasteiger partial charge on any atom is -0.434 e. The van der Waals surface area contributed by atoms with Gasteiger partial charge in [0.1, 0.15) is 5.75 Å². The largest absolute Gasteiger partial charge is 0.434 e. The Morgan fingerprint density at radius 1 is 1.28 bits per heavy atom. The van der Waals surface area contributed by atoms with Gasteiger partial charge in [0.2, 0.25) is 0 Å². The topological polar surface area (TPSA) is 55.4 Å². The Morgan fingerprint density at radius 3 is 2.61 bits per heavy atom. The average Bonchev–Trinajstić information content (AvgIpc) is 2.59. The van der Waals surface area contributed by atoms with E-state index in [0.717, 1.165) is 0 Å². The van der Waals surface area contributed by atoms with E-state index in [1.54, 1.807) is 6.07 Å². The SMILES string of the molecule is O=C1NC(=O)/C(=C/c2ccccc2OC(F)F)S1. The summed E-state index contributed by atoms with van der Waals surface area (Å²) in [4.78, 5) is 22.4. The molecular weight excluding hydrogens is 264 g/mol. The highest BCUT2D eigenvalue weighted by molar-refractivity contribution is 8.18. The fourth-order valence-corrected chi connectivity index (χ4v) is 2.04. The van der Waals surface area contributed by atoms with Crippen molar-refractivity contribution in [2.75, 3.05) is 0 Å². The minimum atomic E-state index is -2.95. The van der Waals surface area contributed by atoms with Crippen LogP contribution in [-0.2, 0) is 4.79 Å². The normalized spacial score (nSPS) is 17.4. The van der Waals surface area contributed by atoms with Crippen molar-refractivity contribution in [1.82, 2.24) is 5.32 Å². The first-order chi connectivity index (χ1) is 8.56. The first kappa shape index (κ1) is 12.6. The third-order valence-corrected chi connectivity index (χ3v) is 2.87. The van der Waals surface area contributed by atoms with Gasteiger partial charge < -0.3 is 4.74 Å². The van der Waals surface area contributed by atoms with E-state index in [9.17, 15) is 18.4 Å². The molecule has 1 aliphatic heterocycles. The van der Waals surface area contributed by atoms with Crippen molar-refractivity contribution in [3.63, 3.8) is 0 Å². The maximum atomic E-state index is 12.2. The summed E-state index contributed by atoms with van der Waals surface area (Å²) in [5, 5.41) is 1.59. The third-order valence-electron chi connectivity index (χ3n) is 2.06. The molecule has 94 valence electrons. The van der Waals surface area contributed by atoms with Gasteiger partial charge in [-0.05, 0) is 23.9 Å². The number of imide groups is 1. The Hall–Kier alpha value is -1.89. The molecule has 0 spiro atoms. The summed E-state index contributed by atoms with van der Waals surface area (Å²) in [6.07, 6.45) is 1.34. The molecule has 0 saturated carbocycles. The molecule has 0 unspecified atom stereocenters. The average molecular weight is 271 g/mol. The van der Waals surface area contributed by atoms with Gasteiger partial charge in [0.05, 0.1) is 4.91 Å². The Bertz CT molecular complexity index is 531. The molecule has 2 amide bonds. The number of halogens is 2. The second-order valence-electron chi connectivity index (χ2n) is 3.27. The number of alkyl halides is 2. The molecule has 2 rings (SSSR count). The molecule has 0 bridgehead atoms. The summed E-state index contributed by atoms with van der Waals surface area (Å²) in [6, 6.07) is 6.02. The zero-order valence-corrected chi connectivity index (χ0v) is 9.67. The van der Waals surface area contributed by atoms with Crippen LogP contribution in [0.2, 0.25) is 0 Å². The predicted molar refractivity (Wildman–Crippen MR) is 62.2 cm³/mol. The molecule has 0 radical (unpaired) electrons. The Morgan fingerprint density at radius 2 is 2.00 bits per heavy atom. The van der Waals surface area contributed by atoms with Gasteiger partial charge in [0.25, 0.3) is 11.1 Å². The molecule has 1 saturated heterocycles. The molecule has 1 aromatic carbocycles. The zero-order chi connectivity index (χ0) is 13.1. The lowest BCUT2D eigenvalue weighted by Crippen LogP contribution is -2.17. The highest BCUT2D eigenvalue weighted by atomic mass is 32.2. The summed E-state index contributed by atoms with van der Waals surface area (Å²) in [7, 11) is 0. The maximum Gasteiger partial charge on any atom is 0.387 e. The molecule has 1 heterocycles. The second kappa shape index (κ2) is 5.18. The fourth-order valence-electron chi connectivity index (χ4n) is 1.37. The van der Waals surface area contributed by atoms with Crippen LogP contribution >= 0.6 is 11.8 Å². The van der Waals surface area contributed by atoms with Gasteiger partial charge in [-0.1, -0.05) is 18.2 Å². The van der Waals surface area contributed by atoms with Crippen molar-refractivity contribution in [1.29, 1.82) is 0 Å². The maximum absolute atomic E-state index is 12.2. The molecule has 0 aliphatic carbocycles. The standard InChI is InChI=1S/C11H7F2NO3S/c12-10(13)17-7-4-2-1-3-6(7)5-8-9(15)14-11(16)18-8/h1-5,10H,(H,14,15,16)/b8-5-. The number of rotatable bonds is 3. The molecule has 18 heavy (non-hydrogen) atoms. The van der Waals surface area contributed by atoms with Crippen LogP contribution in [0, 0.1) is 0 Å². The fraction of sp³-hybridized carbons (Fsp3) is 0.0909. The Kier molecular flexibility index (Phi) is 3.61. The summed E-state index contributed by atoms with van der Waals surface area (Å²) < 4.78 is 28.7. The number of carbonyl (C=O) groups excluding carboxylic acids is 2. The molecule has 4 nitrogen and oxygen atoms in total. The van der Waals surface area contributed by atoms with E-state index in [2.05, 4.69) is 10.1 Å². The monoisotopic (exact) mass is 271 g/mol. The van der Waals surface area contributed by atoms with Crippen molar-refractivity contribution in [3.05, 3.63) is 34.7 Å². The number of para-hydroxylation sites is 1. The Balaban J connectivity index is 2.31. The molecule has 1 aliphatic rings. The van der Waals surface area contributed by atoms with Crippen LogP contribution in [0.25, 0.3) is 6.08 Å². The summed E-state index contributed by atoms with van der Waals surface area (Å²) in [5.74, 6) is -0.593. The van der Waals surface area contributed by atoms with E-state index < -0.39 is 17.8 Å². The Labute approximate surface area is 105 Å². The van der Waals surface area contributed by atoms with Crippen molar-refractivity contribution in [2.24, 2.45) is 0 Å². The van der Waals surface area contributed by atoms with Gasteiger partial charge in [-0.2, -0.15) is 8.78 Å². The van der Waals surface area contributed by atoms with Crippen LogP contribution in [-0.4, -0.2) is 17.8 Å². The number of hydrogen-bond acceptors (Lipinski definition) is 4. The molecule has 1 aromatic rings. The first-order valence-electron chi connectivity index (χ1n) is 4.85. The predicted octanol–water partition coefficient (Wildman–Crippen LogP) is 2.61. The molecule has 0 aromatic heterocycles. The van der Waals surface area contributed by atoms with Crippen molar-refractivity contribution < 1.29 is 23.1 Å². The van der Waals surface area contributed by atoms with E-state index in [1.165, 1.54) is 24.3 Å². The summed E-state index contributed by atoms with van der Waals surface area (Å²) in [5.41, 5.74) is 0.310. The van der Waals surface area contributed by atoms with Gasteiger partial charge in [0, 0.05) is 5.56 Å². The van der Waals surface area contributed by atoms with E-state index in [0.29, 0.717) is 17.3 Å². The van der Waals surface area contributed by atoms with Gasteiger partial charge in [-0.25, -0.2) is 0 Å². The number of carbonyl (C=O) groups is 2. The summed E-state index contributed by atoms with van der Waals surface area (Å²) >= 11 is 0.715. The van der Waals surface area contributed by atoms with E-state index in [-0.39, 0.29) is 10.7 Å². The highest BCUT2D eigenvalue weighted by Crippen LogP contribution is 2.29. The van der Waals surface area contributed by atoms with Crippen LogP contribution in [0.4, 0.5) is 13.6 Å². The van der Waals surface area contributed by atoms with Crippen LogP contribution < -0.4 is 10.1 Å². The molecule has 1 N–H and O–H groups in total. The molecule has 1 fully saturated rings. The molecular formula is C11H7F2NO3S. The number of benzene rings is 1. The van der Waals surface area contributed by atoms with Crippen molar-refractivity contribution in [3.8, 4) is 5.75 Å². The van der Waals surface area contributed by atoms with Crippen molar-refractivity contribution >= 4 is 29.0 Å². The first-order valence-corrected chi connectivity index (χ1v) is 5.66. The summed E-state index contributed by atoms with van der Waals surface area (Å²) in [6.45, 7) is -2.95.